The van der Waals surface area contributed by atoms with Gasteiger partial charge >= 0.3 is 0 Å². The molecule has 2 aromatic carbocycles. The van der Waals surface area contributed by atoms with E-state index < -0.39 is 0 Å². The molecule has 3 N–H and O–H groups in total. The minimum absolute atomic E-state index is 0.348. The van der Waals surface area contributed by atoms with E-state index in [4.69, 9.17) is 18.0 Å². The lowest BCUT2D eigenvalue weighted by molar-refractivity contribution is 1.48. The molecule has 0 heterocycles. The van der Waals surface area contributed by atoms with Gasteiger partial charge in [-0.15, -0.1) is 0 Å². The van der Waals surface area contributed by atoms with Crippen molar-refractivity contribution in [3.05, 3.63) is 55.4 Å². The van der Waals surface area contributed by atoms with Crippen molar-refractivity contribution in [1.29, 1.82) is 0 Å². The van der Waals surface area contributed by atoms with Gasteiger partial charge in [0.15, 0.2) is 0 Å². The molecule has 0 aromatic heterocycles. The Bertz CT molecular complexity index is 644. The number of anilines is 2. The number of thiocarbonyl (C=S) groups is 1. The van der Waals surface area contributed by atoms with Crippen LogP contribution in [0.4, 0.5) is 11.4 Å². The molecule has 0 fully saturated rings. The molecule has 0 aliphatic carbocycles. The summed E-state index contributed by atoms with van der Waals surface area (Å²) >= 11 is 15.5. The summed E-state index contributed by atoms with van der Waals surface area (Å²) in [6.07, 6.45) is 0. The van der Waals surface area contributed by atoms with Gasteiger partial charge in [-0.1, -0.05) is 34.2 Å². The molecule has 0 saturated carbocycles. The zero-order valence-corrected chi connectivity index (χ0v) is 15.2. The van der Waals surface area contributed by atoms with Crippen molar-refractivity contribution in [2.75, 3.05) is 5.32 Å². The molecule has 6 heteroatoms. The van der Waals surface area contributed by atoms with Crippen LogP contribution in [0.25, 0.3) is 0 Å². The Balaban J connectivity index is 2.46. The smallest absolute Gasteiger partial charge is 0.107 e. The Kier molecular flexibility index (Phi) is 5.00. The first-order valence-corrected chi connectivity index (χ1v) is 8.08. The minimum Gasteiger partial charge on any atom is -0.389 e. The highest BCUT2D eigenvalue weighted by atomic mass is 79.9. The molecule has 0 unspecified atom stereocenters. The van der Waals surface area contributed by atoms with Crippen molar-refractivity contribution >= 4 is 76.4 Å². The van der Waals surface area contributed by atoms with Crippen molar-refractivity contribution < 1.29 is 0 Å². The molecule has 0 spiro atoms. The summed E-state index contributed by atoms with van der Waals surface area (Å²) in [4.78, 5) is 0.348. The SMILES string of the molecule is NC(=S)c1c(Br)cccc1Nc1cc(Br)ccc1Br. The molecule has 0 atom stereocenters. The monoisotopic (exact) mass is 462 g/mol. The number of nitrogens with two attached hydrogens (primary N) is 1. The van der Waals surface area contributed by atoms with Crippen LogP contribution in [-0.4, -0.2) is 4.99 Å². The summed E-state index contributed by atoms with van der Waals surface area (Å²) in [7, 11) is 0. The number of nitrogens with one attached hydrogen (secondary N) is 1. The molecule has 98 valence electrons. The lowest BCUT2D eigenvalue weighted by atomic mass is 10.1. The van der Waals surface area contributed by atoms with Gasteiger partial charge in [-0.25, -0.2) is 0 Å². The van der Waals surface area contributed by atoms with Crippen LogP contribution in [0.5, 0.6) is 0 Å². The number of benzene rings is 2. The lowest BCUT2D eigenvalue weighted by Gasteiger charge is -2.14. The first-order chi connectivity index (χ1) is 8.99. The molecular weight excluding hydrogens is 456 g/mol. The standard InChI is InChI=1S/C13H9Br3N2S/c14-7-4-5-8(15)11(6-7)18-10-3-1-2-9(16)12(10)13(17)19/h1-6,18H,(H2,17,19). The van der Waals surface area contributed by atoms with Crippen LogP contribution in [0, 0.1) is 0 Å². The number of hydrogen-bond acceptors (Lipinski definition) is 2. The van der Waals surface area contributed by atoms with E-state index in [2.05, 4.69) is 53.1 Å². The molecule has 0 saturated heterocycles. The fraction of sp³-hybridized carbons (Fsp3) is 0. The second kappa shape index (κ2) is 6.35. The second-order valence-corrected chi connectivity index (χ2v) is 6.84. The minimum atomic E-state index is 0.348. The van der Waals surface area contributed by atoms with E-state index in [0.717, 1.165) is 30.4 Å². The third-order valence-corrected chi connectivity index (χ3v) is 4.51. The van der Waals surface area contributed by atoms with Gasteiger partial charge in [0.1, 0.15) is 4.99 Å². The van der Waals surface area contributed by atoms with E-state index in [1.807, 2.05) is 36.4 Å². The zero-order chi connectivity index (χ0) is 14.0. The summed E-state index contributed by atoms with van der Waals surface area (Å²) in [5, 5.41) is 3.33. The van der Waals surface area contributed by atoms with Crippen LogP contribution in [-0.2, 0) is 0 Å². The summed E-state index contributed by atoms with van der Waals surface area (Å²) < 4.78 is 2.82. The molecule has 0 bridgehead atoms. The topological polar surface area (TPSA) is 38.0 Å². The van der Waals surface area contributed by atoms with E-state index in [9.17, 15) is 0 Å². The zero-order valence-electron chi connectivity index (χ0n) is 9.58. The van der Waals surface area contributed by atoms with Crippen LogP contribution < -0.4 is 11.1 Å². The van der Waals surface area contributed by atoms with Gasteiger partial charge < -0.3 is 11.1 Å². The van der Waals surface area contributed by atoms with E-state index in [1.54, 1.807) is 0 Å². The first kappa shape index (κ1) is 15.0. The van der Waals surface area contributed by atoms with E-state index in [0.29, 0.717) is 4.99 Å². The third-order valence-electron chi connectivity index (χ3n) is 2.46. The van der Waals surface area contributed by atoms with Crippen molar-refractivity contribution in [3.8, 4) is 0 Å². The molecule has 0 radical (unpaired) electrons. The van der Waals surface area contributed by atoms with Crippen molar-refractivity contribution in [3.63, 3.8) is 0 Å². The lowest BCUT2D eigenvalue weighted by Crippen LogP contribution is -2.12. The average molecular weight is 465 g/mol. The fourth-order valence-electron chi connectivity index (χ4n) is 1.62. The molecule has 0 aliphatic rings. The van der Waals surface area contributed by atoms with Gasteiger partial charge in [0.05, 0.1) is 5.69 Å². The Morgan fingerprint density at radius 1 is 1.00 bits per heavy atom. The number of rotatable bonds is 3. The first-order valence-electron chi connectivity index (χ1n) is 5.29. The molecule has 2 aromatic rings. The fourth-order valence-corrected chi connectivity index (χ4v) is 3.25. The highest BCUT2D eigenvalue weighted by Crippen LogP contribution is 2.32. The molecule has 0 amide bonds. The van der Waals surface area contributed by atoms with Crippen molar-refractivity contribution in [2.45, 2.75) is 0 Å². The number of halogens is 3. The van der Waals surface area contributed by atoms with Crippen molar-refractivity contribution in [1.82, 2.24) is 0 Å². The predicted molar refractivity (Wildman–Crippen MR) is 95.2 cm³/mol. The van der Waals surface area contributed by atoms with Gasteiger partial charge in [0.25, 0.3) is 0 Å². The Morgan fingerprint density at radius 2 is 1.74 bits per heavy atom. The predicted octanol–water partition coefficient (Wildman–Crippen LogP) is 5.35. The summed E-state index contributed by atoms with van der Waals surface area (Å²) in [5.41, 5.74) is 8.37. The van der Waals surface area contributed by atoms with Gasteiger partial charge in [-0.05, 0) is 62.2 Å². The maximum absolute atomic E-state index is 5.78. The van der Waals surface area contributed by atoms with E-state index in [1.165, 1.54) is 0 Å². The Labute approximate surface area is 142 Å². The van der Waals surface area contributed by atoms with Crippen LogP contribution >= 0.6 is 60.0 Å². The maximum atomic E-state index is 5.78. The molecule has 2 rings (SSSR count). The van der Waals surface area contributed by atoms with Crippen LogP contribution in [0.2, 0.25) is 0 Å². The molecule has 2 nitrogen and oxygen atoms in total. The Morgan fingerprint density at radius 3 is 2.42 bits per heavy atom. The second-order valence-electron chi connectivity index (χ2n) is 3.78. The summed E-state index contributed by atoms with van der Waals surface area (Å²) in [6, 6.07) is 11.7. The van der Waals surface area contributed by atoms with Crippen LogP contribution in [0.15, 0.2) is 49.8 Å². The van der Waals surface area contributed by atoms with Crippen LogP contribution in [0.3, 0.4) is 0 Å². The average Bonchev–Trinajstić information content (AvgIpc) is 2.33. The van der Waals surface area contributed by atoms with Crippen molar-refractivity contribution in [2.24, 2.45) is 5.73 Å². The largest absolute Gasteiger partial charge is 0.389 e. The third kappa shape index (κ3) is 3.56. The summed E-state index contributed by atoms with van der Waals surface area (Å²) in [5.74, 6) is 0. The van der Waals surface area contributed by atoms with Gasteiger partial charge in [0.2, 0.25) is 0 Å². The highest BCUT2D eigenvalue weighted by Gasteiger charge is 2.10. The van der Waals surface area contributed by atoms with Gasteiger partial charge in [0, 0.05) is 24.7 Å². The molecule has 0 aliphatic heterocycles. The van der Waals surface area contributed by atoms with E-state index in [-0.39, 0.29) is 0 Å². The van der Waals surface area contributed by atoms with Gasteiger partial charge in [-0.3, -0.25) is 0 Å². The summed E-state index contributed by atoms with van der Waals surface area (Å²) in [6.45, 7) is 0. The molecular formula is C13H9Br3N2S. The number of hydrogen-bond donors (Lipinski definition) is 2. The quantitative estimate of drug-likeness (QED) is 0.601. The Hall–Kier alpha value is -0.430. The van der Waals surface area contributed by atoms with Gasteiger partial charge in [-0.2, -0.15) is 0 Å². The highest BCUT2D eigenvalue weighted by molar-refractivity contribution is 9.11. The van der Waals surface area contributed by atoms with E-state index >= 15 is 0 Å². The molecule has 19 heavy (non-hydrogen) atoms. The normalized spacial score (nSPS) is 10.3. The van der Waals surface area contributed by atoms with Crippen LogP contribution in [0.1, 0.15) is 5.56 Å². The maximum Gasteiger partial charge on any atom is 0.107 e.